The lowest BCUT2D eigenvalue weighted by atomic mass is 10.4. The zero-order valence-corrected chi connectivity index (χ0v) is 10.3. The average Bonchev–Trinajstić information content (AvgIpc) is 1.93. The molecular weight excluding hydrogens is 244 g/mol. The maximum Gasteiger partial charge on any atom is 0.280 e. The molecule has 0 aliphatic carbocycles. The Morgan fingerprint density at radius 3 is 2.13 bits per heavy atom. The highest BCUT2D eigenvalue weighted by molar-refractivity contribution is 8.04. The highest BCUT2D eigenvalue weighted by Crippen LogP contribution is 1.92. The smallest absolute Gasteiger partial charge is 0.280 e. The van der Waals surface area contributed by atoms with Crippen LogP contribution in [0.2, 0.25) is 0 Å². The largest absolute Gasteiger partial charge is 0.309 e. The molecule has 0 aliphatic heterocycles. The van der Waals surface area contributed by atoms with E-state index in [0.29, 0.717) is 13.0 Å². The van der Waals surface area contributed by atoms with Gasteiger partial charge in [-0.2, -0.15) is 8.42 Å². The summed E-state index contributed by atoms with van der Waals surface area (Å²) >= 11 is 0. The first-order chi connectivity index (χ1) is 6.62. The van der Waals surface area contributed by atoms with Crippen molar-refractivity contribution in [2.75, 3.05) is 32.3 Å². The topological polar surface area (TPSA) is 104 Å². The minimum Gasteiger partial charge on any atom is -0.309 e. The fourth-order valence-corrected chi connectivity index (χ4v) is 3.22. The molecule has 0 aromatic rings. The van der Waals surface area contributed by atoms with Gasteiger partial charge in [0.15, 0.2) is 5.08 Å². The maximum absolute atomic E-state index is 11.0. The SMILES string of the molecule is CN(C)CCCNS(=O)(=O)CS(=O)(=O)O. The minimum atomic E-state index is -4.50. The molecule has 0 unspecified atom stereocenters. The van der Waals surface area contributed by atoms with Crippen LogP contribution in [-0.4, -0.2) is 58.6 Å². The Balaban J connectivity index is 3.97. The summed E-state index contributed by atoms with van der Waals surface area (Å²) in [5.41, 5.74) is 0. The second-order valence-corrected chi connectivity index (χ2v) is 6.99. The summed E-state index contributed by atoms with van der Waals surface area (Å²) in [4.78, 5) is 1.87. The molecule has 0 spiro atoms. The quantitative estimate of drug-likeness (QED) is 0.436. The van der Waals surface area contributed by atoms with E-state index in [4.69, 9.17) is 4.55 Å². The molecule has 0 saturated carbocycles. The number of nitrogens with one attached hydrogen (secondary N) is 1. The van der Waals surface area contributed by atoms with Gasteiger partial charge in [-0.15, -0.1) is 0 Å². The summed E-state index contributed by atoms with van der Waals surface area (Å²) in [6.07, 6.45) is 0.567. The summed E-state index contributed by atoms with van der Waals surface area (Å²) in [6.45, 7) is 0.838. The summed E-state index contributed by atoms with van der Waals surface area (Å²) in [5, 5.41) is -1.29. The van der Waals surface area contributed by atoms with E-state index in [0.717, 1.165) is 0 Å². The predicted molar refractivity (Wildman–Crippen MR) is 56.5 cm³/mol. The predicted octanol–water partition coefficient (Wildman–Crippen LogP) is -1.30. The van der Waals surface area contributed by atoms with Gasteiger partial charge in [-0.05, 0) is 27.1 Å². The Labute approximate surface area is 90.3 Å². The third-order valence-electron chi connectivity index (χ3n) is 1.41. The van der Waals surface area contributed by atoms with E-state index in [1.54, 1.807) is 0 Å². The van der Waals surface area contributed by atoms with E-state index in [2.05, 4.69) is 4.72 Å². The molecule has 0 heterocycles. The number of hydrogen-bond donors (Lipinski definition) is 2. The lowest BCUT2D eigenvalue weighted by Gasteiger charge is -2.09. The number of rotatable bonds is 7. The highest BCUT2D eigenvalue weighted by Gasteiger charge is 2.18. The van der Waals surface area contributed by atoms with Crippen LogP contribution in [0.1, 0.15) is 6.42 Å². The van der Waals surface area contributed by atoms with E-state index in [1.807, 2.05) is 19.0 Å². The Kier molecular flexibility index (Phi) is 5.67. The Morgan fingerprint density at radius 2 is 1.73 bits per heavy atom. The van der Waals surface area contributed by atoms with Gasteiger partial charge in [-0.25, -0.2) is 13.1 Å². The van der Waals surface area contributed by atoms with Crippen molar-refractivity contribution >= 4 is 20.1 Å². The number of hydrogen-bond acceptors (Lipinski definition) is 5. The molecule has 92 valence electrons. The molecule has 0 rings (SSSR count). The summed E-state index contributed by atoms with van der Waals surface area (Å²) < 4.78 is 53.1. The van der Waals surface area contributed by atoms with E-state index in [9.17, 15) is 16.8 Å². The summed E-state index contributed by atoms with van der Waals surface area (Å²) in [5.74, 6) is 0. The summed E-state index contributed by atoms with van der Waals surface area (Å²) in [7, 11) is -4.76. The van der Waals surface area contributed by atoms with Gasteiger partial charge < -0.3 is 4.90 Å². The van der Waals surface area contributed by atoms with Crippen molar-refractivity contribution in [3.05, 3.63) is 0 Å². The van der Waals surface area contributed by atoms with E-state index in [-0.39, 0.29) is 6.54 Å². The van der Waals surface area contributed by atoms with Crippen molar-refractivity contribution in [2.24, 2.45) is 0 Å². The maximum atomic E-state index is 11.0. The van der Waals surface area contributed by atoms with Gasteiger partial charge in [0.1, 0.15) is 0 Å². The number of nitrogens with zero attached hydrogens (tertiary/aromatic N) is 1. The van der Waals surface area contributed by atoms with Gasteiger partial charge in [0.25, 0.3) is 10.1 Å². The van der Waals surface area contributed by atoms with Crippen molar-refractivity contribution < 1.29 is 21.4 Å². The van der Waals surface area contributed by atoms with Crippen molar-refractivity contribution in [3.63, 3.8) is 0 Å². The molecule has 0 bridgehead atoms. The fraction of sp³-hybridized carbons (Fsp3) is 1.00. The molecule has 0 aromatic carbocycles. The van der Waals surface area contributed by atoms with Gasteiger partial charge >= 0.3 is 0 Å². The molecule has 7 nitrogen and oxygen atoms in total. The zero-order valence-electron chi connectivity index (χ0n) is 8.67. The van der Waals surface area contributed by atoms with Crippen LogP contribution in [0.5, 0.6) is 0 Å². The van der Waals surface area contributed by atoms with Gasteiger partial charge in [-0.1, -0.05) is 0 Å². The molecule has 2 N–H and O–H groups in total. The standard InChI is InChI=1S/C6H16N2O5S2/c1-8(2)5-3-4-7-14(9,10)6-15(11,12)13/h7H,3-6H2,1-2H3,(H,11,12,13). The minimum absolute atomic E-state index is 0.149. The van der Waals surface area contributed by atoms with Crippen LogP contribution in [0.15, 0.2) is 0 Å². The van der Waals surface area contributed by atoms with E-state index < -0.39 is 25.2 Å². The molecule has 0 atom stereocenters. The van der Waals surface area contributed by atoms with Crippen molar-refractivity contribution in [2.45, 2.75) is 6.42 Å². The van der Waals surface area contributed by atoms with Crippen LogP contribution in [0.4, 0.5) is 0 Å². The van der Waals surface area contributed by atoms with Crippen LogP contribution >= 0.6 is 0 Å². The Morgan fingerprint density at radius 1 is 1.20 bits per heavy atom. The van der Waals surface area contributed by atoms with Crippen LogP contribution in [0.25, 0.3) is 0 Å². The van der Waals surface area contributed by atoms with Gasteiger partial charge in [-0.3, -0.25) is 4.55 Å². The second-order valence-electron chi connectivity index (χ2n) is 3.37. The monoisotopic (exact) mass is 260 g/mol. The third kappa shape index (κ3) is 10.1. The molecule has 0 fully saturated rings. The molecule has 0 aromatic heterocycles. The van der Waals surface area contributed by atoms with Crippen LogP contribution < -0.4 is 4.72 Å². The molecule has 15 heavy (non-hydrogen) atoms. The summed E-state index contributed by atoms with van der Waals surface area (Å²) in [6, 6.07) is 0. The molecule has 0 aliphatic rings. The molecular formula is C6H16N2O5S2. The first kappa shape index (κ1) is 14.8. The Hall–Kier alpha value is -0.220. The molecule has 9 heteroatoms. The average molecular weight is 260 g/mol. The Bertz CT molecular complexity index is 372. The van der Waals surface area contributed by atoms with Crippen LogP contribution in [0, 0.1) is 0 Å². The normalized spacial score (nSPS) is 13.3. The van der Waals surface area contributed by atoms with Crippen molar-refractivity contribution in [1.82, 2.24) is 9.62 Å². The third-order valence-corrected chi connectivity index (χ3v) is 4.48. The fourth-order valence-electron chi connectivity index (χ4n) is 0.861. The van der Waals surface area contributed by atoms with Crippen LogP contribution in [-0.2, 0) is 20.1 Å². The van der Waals surface area contributed by atoms with E-state index in [1.165, 1.54) is 0 Å². The van der Waals surface area contributed by atoms with Gasteiger partial charge in [0.05, 0.1) is 0 Å². The first-order valence-corrected chi connectivity index (χ1v) is 7.46. The highest BCUT2D eigenvalue weighted by atomic mass is 32.3. The molecule has 0 amide bonds. The van der Waals surface area contributed by atoms with Crippen molar-refractivity contribution in [1.29, 1.82) is 0 Å². The van der Waals surface area contributed by atoms with Gasteiger partial charge in [0, 0.05) is 6.54 Å². The lowest BCUT2D eigenvalue weighted by Crippen LogP contribution is -2.31. The van der Waals surface area contributed by atoms with Crippen molar-refractivity contribution in [3.8, 4) is 0 Å². The van der Waals surface area contributed by atoms with E-state index >= 15 is 0 Å². The zero-order chi connectivity index (χ0) is 12.1. The number of sulfonamides is 1. The molecule has 0 radical (unpaired) electrons. The van der Waals surface area contributed by atoms with Crippen LogP contribution in [0.3, 0.4) is 0 Å². The lowest BCUT2D eigenvalue weighted by molar-refractivity contribution is 0.400. The second kappa shape index (κ2) is 5.75. The van der Waals surface area contributed by atoms with Gasteiger partial charge in [0.2, 0.25) is 10.0 Å². The first-order valence-electron chi connectivity index (χ1n) is 4.19. The molecule has 0 saturated heterocycles.